The molecule has 0 spiro atoms. The molecule has 0 saturated carbocycles. The topological polar surface area (TPSA) is 89.8 Å². The van der Waals surface area contributed by atoms with Gasteiger partial charge in [-0.15, -0.1) is 0 Å². The van der Waals surface area contributed by atoms with Gasteiger partial charge in [0, 0.05) is 31.8 Å². The molecule has 0 aliphatic heterocycles. The summed E-state index contributed by atoms with van der Waals surface area (Å²) in [5, 5.41) is 10.7. The number of non-ortho nitro benzene ring substituents is 1. The number of nitrogens with zero attached hydrogens (tertiary/aromatic N) is 2. The summed E-state index contributed by atoms with van der Waals surface area (Å²) in [6.45, 7) is 4.04. The molecule has 0 aliphatic carbocycles. The molecule has 2 aromatic carbocycles. The molecule has 1 amide bonds. The molecule has 0 bridgehead atoms. The molecule has 2 aromatic rings. The number of likely N-dealkylation sites (N-methyl/N-ethyl adjacent to an activating group) is 1. The van der Waals surface area contributed by atoms with Crippen LogP contribution in [0.4, 0.5) is 5.69 Å². The summed E-state index contributed by atoms with van der Waals surface area (Å²) in [4.78, 5) is 35.7. The van der Waals surface area contributed by atoms with E-state index >= 15 is 0 Å². The van der Waals surface area contributed by atoms with Gasteiger partial charge in [0.2, 0.25) is 0 Å². The Hall–Kier alpha value is -3.48. The van der Waals surface area contributed by atoms with E-state index in [-0.39, 0.29) is 18.2 Å². The summed E-state index contributed by atoms with van der Waals surface area (Å²) in [6.07, 6.45) is 2.54. The Morgan fingerprint density at radius 2 is 1.93 bits per heavy atom. The SMILES string of the molecule is Cc1ccc(CN(C)C(=O)COC(=O)/C=C/c2cccc([N+](=O)[O-])c2)c(C)c1. The van der Waals surface area contributed by atoms with Crippen molar-refractivity contribution in [2.75, 3.05) is 13.7 Å². The van der Waals surface area contributed by atoms with Crippen LogP contribution in [0.1, 0.15) is 22.3 Å². The summed E-state index contributed by atoms with van der Waals surface area (Å²) < 4.78 is 4.96. The summed E-state index contributed by atoms with van der Waals surface area (Å²) in [5.74, 6) is -1.02. The van der Waals surface area contributed by atoms with Gasteiger partial charge in [-0.1, -0.05) is 35.9 Å². The first kappa shape index (κ1) is 20.8. The molecule has 0 unspecified atom stereocenters. The lowest BCUT2D eigenvalue weighted by atomic mass is 10.1. The van der Waals surface area contributed by atoms with Crippen molar-refractivity contribution in [1.29, 1.82) is 0 Å². The van der Waals surface area contributed by atoms with E-state index in [0.29, 0.717) is 12.1 Å². The summed E-state index contributed by atoms with van der Waals surface area (Å²) in [7, 11) is 1.65. The van der Waals surface area contributed by atoms with Crippen LogP contribution in [0.25, 0.3) is 6.08 Å². The van der Waals surface area contributed by atoms with Crippen molar-refractivity contribution in [1.82, 2.24) is 4.90 Å². The molecule has 2 rings (SSSR count). The number of carbonyl (C=O) groups excluding carboxylic acids is 2. The van der Waals surface area contributed by atoms with Crippen LogP contribution in [0.2, 0.25) is 0 Å². The maximum absolute atomic E-state index is 12.2. The highest BCUT2D eigenvalue weighted by Gasteiger charge is 2.12. The van der Waals surface area contributed by atoms with Gasteiger partial charge < -0.3 is 9.64 Å². The van der Waals surface area contributed by atoms with Gasteiger partial charge >= 0.3 is 5.97 Å². The minimum absolute atomic E-state index is 0.0706. The van der Waals surface area contributed by atoms with Gasteiger partial charge in [0.25, 0.3) is 11.6 Å². The zero-order valence-electron chi connectivity index (χ0n) is 16.0. The molecule has 0 fully saturated rings. The van der Waals surface area contributed by atoms with Crippen LogP contribution >= 0.6 is 0 Å². The Labute approximate surface area is 163 Å². The van der Waals surface area contributed by atoms with Crippen LogP contribution in [0.3, 0.4) is 0 Å². The quantitative estimate of drug-likeness (QED) is 0.317. The molecule has 0 radical (unpaired) electrons. The van der Waals surface area contributed by atoms with Crippen molar-refractivity contribution >= 4 is 23.6 Å². The number of rotatable bonds is 7. The number of carbonyl (C=O) groups is 2. The molecule has 28 heavy (non-hydrogen) atoms. The second kappa shape index (κ2) is 9.45. The lowest BCUT2D eigenvalue weighted by Crippen LogP contribution is -2.30. The van der Waals surface area contributed by atoms with Gasteiger partial charge in [-0.25, -0.2) is 4.79 Å². The molecular weight excluding hydrogens is 360 g/mol. The first-order valence-electron chi connectivity index (χ1n) is 8.65. The highest BCUT2D eigenvalue weighted by atomic mass is 16.6. The Kier molecular flexibility index (Phi) is 7.03. The van der Waals surface area contributed by atoms with Crippen LogP contribution in [-0.4, -0.2) is 35.4 Å². The van der Waals surface area contributed by atoms with Crippen molar-refractivity contribution in [3.8, 4) is 0 Å². The molecule has 0 aliphatic rings. The number of amides is 1. The molecule has 0 saturated heterocycles. The fraction of sp³-hybridized carbons (Fsp3) is 0.238. The normalized spacial score (nSPS) is 10.7. The van der Waals surface area contributed by atoms with E-state index in [1.54, 1.807) is 13.1 Å². The van der Waals surface area contributed by atoms with E-state index in [0.717, 1.165) is 22.8 Å². The number of hydrogen-bond acceptors (Lipinski definition) is 5. The fourth-order valence-corrected chi connectivity index (χ4v) is 2.56. The molecule has 0 heterocycles. The maximum Gasteiger partial charge on any atom is 0.331 e. The van der Waals surface area contributed by atoms with Crippen molar-refractivity contribution in [2.45, 2.75) is 20.4 Å². The largest absolute Gasteiger partial charge is 0.452 e. The third-order valence-corrected chi connectivity index (χ3v) is 4.16. The fourth-order valence-electron chi connectivity index (χ4n) is 2.56. The highest BCUT2D eigenvalue weighted by Crippen LogP contribution is 2.14. The minimum Gasteiger partial charge on any atom is -0.452 e. The van der Waals surface area contributed by atoms with Crippen LogP contribution in [-0.2, 0) is 20.9 Å². The number of hydrogen-bond donors (Lipinski definition) is 0. The Morgan fingerprint density at radius 3 is 2.61 bits per heavy atom. The number of benzene rings is 2. The first-order chi connectivity index (χ1) is 13.3. The molecule has 146 valence electrons. The van der Waals surface area contributed by atoms with Crippen LogP contribution in [0.5, 0.6) is 0 Å². The van der Waals surface area contributed by atoms with Crippen molar-refractivity contribution in [3.05, 3.63) is 80.9 Å². The minimum atomic E-state index is -0.695. The molecule has 7 heteroatoms. The van der Waals surface area contributed by atoms with Crippen LogP contribution in [0.15, 0.2) is 48.5 Å². The second-order valence-electron chi connectivity index (χ2n) is 6.47. The van der Waals surface area contributed by atoms with E-state index in [9.17, 15) is 19.7 Å². The Morgan fingerprint density at radius 1 is 1.18 bits per heavy atom. The van der Waals surface area contributed by atoms with Gasteiger partial charge in [0.1, 0.15) is 0 Å². The van der Waals surface area contributed by atoms with Gasteiger partial charge in [-0.05, 0) is 36.6 Å². The van der Waals surface area contributed by atoms with E-state index in [1.165, 1.54) is 29.2 Å². The Balaban J connectivity index is 1.86. The lowest BCUT2D eigenvalue weighted by Gasteiger charge is -2.18. The van der Waals surface area contributed by atoms with Gasteiger partial charge in [0.05, 0.1) is 4.92 Å². The second-order valence-corrected chi connectivity index (χ2v) is 6.47. The van der Waals surface area contributed by atoms with E-state index in [2.05, 4.69) is 0 Å². The van der Waals surface area contributed by atoms with Crippen molar-refractivity contribution in [2.24, 2.45) is 0 Å². The monoisotopic (exact) mass is 382 g/mol. The third kappa shape index (κ3) is 6.05. The van der Waals surface area contributed by atoms with Gasteiger partial charge in [-0.2, -0.15) is 0 Å². The number of aryl methyl sites for hydroxylation is 2. The molecule has 0 aromatic heterocycles. The number of ether oxygens (including phenoxy) is 1. The van der Waals surface area contributed by atoms with E-state index in [1.807, 2.05) is 32.0 Å². The average molecular weight is 382 g/mol. The van der Waals surface area contributed by atoms with Gasteiger partial charge in [-0.3, -0.25) is 14.9 Å². The summed E-state index contributed by atoms with van der Waals surface area (Å²) in [6, 6.07) is 11.9. The average Bonchev–Trinajstić information content (AvgIpc) is 2.66. The zero-order valence-corrected chi connectivity index (χ0v) is 16.0. The van der Waals surface area contributed by atoms with E-state index in [4.69, 9.17) is 4.74 Å². The first-order valence-corrected chi connectivity index (χ1v) is 8.65. The predicted octanol–water partition coefficient (Wildman–Crippen LogP) is 3.43. The van der Waals surface area contributed by atoms with Gasteiger partial charge in [0.15, 0.2) is 6.61 Å². The smallest absolute Gasteiger partial charge is 0.331 e. The molecular formula is C21H22N2O5. The molecule has 0 N–H and O–H groups in total. The standard InChI is InChI=1S/C21H22N2O5/c1-15-7-9-18(16(2)11-15)13-22(3)20(24)14-28-21(25)10-8-17-5-4-6-19(12-17)23(26)27/h4-12H,13-14H2,1-3H3/b10-8+. The maximum atomic E-state index is 12.2. The van der Waals surface area contributed by atoms with Crippen LogP contribution < -0.4 is 0 Å². The van der Waals surface area contributed by atoms with Crippen molar-refractivity contribution < 1.29 is 19.2 Å². The highest BCUT2D eigenvalue weighted by molar-refractivity contribution is 5.89. The Bertz CT molecular complexity index is 921. The third-order valence-electron chi connectivity index (χ3n) is 4.16. The molecule has 7 nitrogen and oxygen atoms in total. The van der Waals surface area contributed by atoms with E-state index < -0.39 is 10.9 Å². The predicted molar refractivity (Wildman–Crippen MR) is 105 cm³/mol. The zero-order chi connectivity index (χ0) is 20.7. The number of nitro groups is 1. The molecule has 0 atom stereocenters. The summed E-state index contributed by atoms with van der Waals surface area (Å²) in [5.41, 5.74) is 3.69. The number of nitro benzene ring substituents is 1. The summed E-state index contributed by atoms with van der Waals surface area (Å²) >= 11 is 0. The van der Waals surface area contributed by atoms with Crippen LogP contribution in [0, 0.1) is 24.0 Å². The number of esters is 1. The lowest BCUT2D eigenvalue weighted by molar-refractivity contribution is -0.384. The van der Waals surface area contributed by atoms with Crippen molar-refractivity contribution in [3.63, 3.8) is 0 Å².